The molecule has 3 aromatic rings. The summed E-state index contributed by atoms with van der Waals surface area (Å²) < 4.78 is 0. The van der Waals surface area contributed by atoms with Gasteiger partial charge in [0.2, 0.25) is 0 Å². The van der Waals surface area contributed by atoms with Crippen LogP contribution < -0.4 is 5.32 Å². The lowest BCUT2D eigenvalue weighted by Crippen LogP contribution is -2.33. The molecule has 1 aliphatic heterocycles. The number of rotatable bonds is 7. The first-order chi connectivity index (χ1) is 14.7. The number of carbonyl (C=O) groups excluding carboxylic acids is 1. The maximum absolute atomic E-state index is 12.6. The van der Waals surface area contributed by atoms with Gasteiger partial charge in [-0.1, -0.05) is 43.5 Å². The number of carbonyl (C=O) groups is 1. The van der Waals surface area contributed by atoms with E-state index in [0.717, 1.165) is 11.2 Å². The van der Waals surface area contributed by atoms with E-state index in [1.165, 1.54) is 62.7 Å². The molecular formula is C25H30ClN3O. The zero-order chi connectivity index (χ0) is 20.9. The minimum absolute atomic E-state index is 0.183. The summed E-state index contributed by atoms with van der Waals surface area (Å²) in [6.07, 6.45) is 8.45. The van der Waals surface area contributed by atoms with Crippen molar-refractivity contribution in [2.75, 3.05) is 25.0 Å². The Morgan fingerprint density at radius 1 is 1.17 bits per heavy atom. The highest BCUT2D eigenvalue weighted by molar-refractivity contribution is 6.34. The number of nitrogens with one attached hydrogen (secondary N) is 2. The molecule has 0 atom stereocenters. The Labute approximate surface area is 183 Å². The minimum atomic E-state index is -0.183. The van der Waals surface area contributed by atoms with Crippen LogP contribution in [0, 0.1) is 0 Å². The average Bonchev–Trinajstić information content (AvgIpc) is 3.18. The Bertz CT molecular complexity index is 1000. The van der Waals surface area contributed by atoms with E-state index in [0.29, 0.717) is 16.5 Å². The van der Waals surface area contributed by atoms with Gasteiger partial charge in [0.1, 0.15) is 0 Å². The molecule has 2 N–H and O–H groups in total. The normalized spacial score (nSPS) is 15.5. The minimum Gasteiger partial charge on any atom is -0.361 e. The predicted octanol–water partition coefficient (Wildman–Crippen LogP) is 6.44. The van der Waals surface area contributed by atoms with Gasteiger partial charge in [-0.2, -0.15) is 0 Å². The van der Waals surface area contributed by atoms with Crippen LogP contribution in [0.25, 0.3) is 10.9 Å². The third-order valence-electron chi connectivity index (χ3n) is 6.20. The number of hydrogen-bond donors (Lipinski definition) is 2. The van der Waals surface area contributed by atoms with Crippen molar-refractivity contribution in [2.24, 2.45) is 0 Å². The van der Waals surface area contributed by atoms with Gasteiger partial charge in [-0.15, -0.1) is 0 Å². The molecule has 1 fully saturated rings. The molecule has 4 rings (SSSR count). The topological polar surface area (TPSA) is 48.1 Å². The largest absolute Gasteiger partial charge is 0.361 e. The summed E-state index contributed by atoms with van der Waals surface area (Å²) in [6.45, 7) is 5.83. The number of halogens is 1. The van der Waals surface area contributed by atoms with Gasteiger partial charge in [0, 0.05) is 22.8 Å². The average molecular weight is 424 g/mol. The van der Waals surface area contributed by atoms with Crippen molar-refractivity contribution >= 4 is 34.1 Å². The van der Waals surface area contributed by atoms with E-state index in [1.807, 2.05) is 24.3 Å². The van der Waals surface area contributed by atoms with Crippen LogP contribution in [-0.4, -0.2) is 35.4 Å². The first-order valence-corrected chi connectivity index (χ1v) is 11.4. The molecule has 1 saturated heterocycles. The summed E-state index contributed by atoms with van der Waals surface area (Å²) in [6, 6.07) is 13.2. The molecule has 2 aromatic carbocycles. The van der Waals surface area contributed by atoms with Crippen molar-refractivity contribution in [3.05, 3.63) is 64.8 Å². The monoisotopic (exact) mass is 423 g/mol. The molecule has 30 heavy (non-hydrogen) atoms. The third-order valence-corrected chi connectivity index (χ3v) is 6.52. The molecular weight excluding hydrogens is 394 g/mol. The summed E-state index contributed by atoms with van der Waals surface area (Å²) in [7, 11) is 0. The molecule has 0 spiro atoms. The van der Waals surface area contributed by atoms with E-state index < -0.39 is 0 Å². The molecule has 1 aromatic heterocycles. The SMILES string of the molecule is CCCCCN1CCC(c2c[nH]c3ccc(NC(=O)c4ccccc4Cl)cc23)CC1. The first-order valence-electron chi connectivity index (χ1n) is 11.0. The number of piperidine rings is 1. The molecule has 2 heterocycles. The lowest BCUT2D eigenvalue weighted by atomic mass is 9.89. The molecule has 0 aliphatic carbocycles. The second-order valence-corrected chi connectivity index (χ2v) is 8.67. The maximum Gasteiger partial charge on any atom is 0.257 e. The molecule has 0 radical (unpaired) electrons. The van der Waals surface area contributed by atoms with Crippen LogP contribution in [-0.2, 0) is 0 Å². The number of aromatic nitrogens is 1. The van der Waals surface area contributed by atoms with Gasteiger partial charge in [0.15, 0.2) is 0 Å². The second kappa shape index (κ2) is 9.67. The van der Waals surface area contributed by atoms with E-state index >= 15 is 0 Å². The fraction of sp³-hybridized carbons (Fsp3) is 0.400. The van der Waals surface area contributed by atoms with Gasteiger partial charge in [-0.25, -0.2) is 0 Å². The number of anilines is 1. The number of hydrogen-bond acceptors (Lipinski definition) is 2. The number of unbranched alkanes of at least 4 members (excludes halogenated alkanes) is 2. The smallest absolute Gasteiger partial charge is 0.257 e. The van der Waals surface area contributed by atoms with Gasteiger partial charge in [-0.3, -0.25) is 4.79 Å². The number of fused-ring (bicyclic) bond motifs is 1. The summed E-state index contributed by atoms with van der Waals surface area (Å²) in [5, 5.41) is 4.67. The van der Waals surface area contributed by atoms with Crippen molar-refractivity contribution in [2.45, 2.75) is 44.9 Å². The molecule has 1 amide bonds. The van der Waals surface area contributed by atoms with Gasteiger partial charge in [0.25, 0.3) is 5.91 Å². The van der Waals surface area contributed by atoms with Crippen molar-refractivity contribution in [1.82, 2.24) is 9.88 Å². The first kappa shape index (κ1) is 21.0. The number of likely N-dealkylation sites (tertiary alicyclic amines) is 1. The molecule has 4 nitrogen and oxygen atoms in total. The van der Waals surface area contributed by atoms with Crippen molar-refractivity contribution in [3.63, 3.8) is 0 Å². The van der Waals surface area contributed by atoms with E-state index in [4.69, 9.17) is 11.6 Å². The Morgan fingerprint density at radius 2 is 1.97 bits per heavy atom. The van der Waals surface area contributed by atoms with Crippen LogP contribution in [0.5, 0.6) is 0 Å². The molecule has 0 unspecified atom stereocenters. The number of aromatic amines is 1. The summed E-state index contributed by atoms with van der Waals surface area (Å²) >= 11 is 6.17. The van der Waals surface area contributed by atoms with E-state index in [9.17, 15) is 4.79 Å². The van der Waals surface area contributed by atoms with Crippen LogP contribution in [0.4, 0.5) is 5.69 Å². The quantitative estimate of drug-likeness (QED) is 0.429. The van der Waals surface area contributed by atoms with Gasteiger partial charge in [-0.05, 0) is 80.7 Å². The van der Waals surface area contributed by atoms with Crippen molar-refractivity contribution < 1.29 is 4.79 Å². The van der Waals surface area contributed by atoms with Crippen LogP contribution >= 0.6 is 11.6 Å². The number of benzene rings is 2. The Morgan fingerprint density at radius 3 is 2.73 bits per heavy atom. The number of amides is 1. The highest BCUT2D eigenvalue weighted by Gasteiger charge is 2.22. The summed E-state index contributed by atoms with van der Waals surface area (Å²) in [5.74, 6) is 0.383. The summed E-state index contributed by atoms with van der Waals surface area (Å²) in [5.41, 5.74) is 3.77. The molecule has 0 bridgehead atoms. The zero-order valence-corrected chi connectivity index (χ0v) is 18.3. The Hall–Kier alpha value is -2.30. The molecule has 0 saturated carbocycles. The highest BCUT2D eigenvalue weighted by atomic mass is 35.5. The second-order valence-electron chi connectivity index (χ2n) is 8.26. The van der Waals surface area contributed by atoms with Crippen molar-refractivity contribution in [3.8, 4) is 0 Å². The summed E-state index contributed by atoms with van der Waals surface area (Å²) in [4.78, 5) is 18.7. The van der Waals surface area contributed by atoms with Gasteiger partial charge >= 0.3 is 0 Å². The van der Waals surface area contributed by atoms with Gasteiger partial charge < -0.3 is 15.2 Å². The fourth-order valence-corrected chi connectivity index (χ4v) is 4.68. The van der Waals surface area contributed by atoms with Crippen LogP contribution in [0.15, 0.2) is 48.7 Å². The predicted molar refractivity (Wildman–Crippen MR) is 126 cm³/mol. The maximum atomic E-state index is 12.6. The van der Waals surface area contributed by atoms with Crippen molar-refractivity contribution in [1.29, 1.82) is 0 Å². The molecule has 1 aliphatic rings. The number of nitrogens with zero attached hydrogens (tertiary/aromatic N) is 1. The lowest BCUT2D eigenvalue weighted by molar-refractivity contribution is 0.102. The Balaban J connectivity index is 1.46. The van der Waals surface area contributed by atoms with Crippen LogP contribution in [0.2, 0.25) is 5.02 Å². The molecule has 158 valence electrons. The third kappa shape index (κ3) is 4.71. The van der Waals surface area contributed by atoms with E-state index in [-0.39, 0.29) is 5.91 Å². The Kier molecular flexibility index (Phi) is 6.76. The highest BCUT2D eigenvalue weighted by Crippen LogP contribution is 2.34. The van der Waals surface area contributed by atoms with Crippen LogP contribution in [0.3, 0.4) is 0 Å². The fourth-order valence-electron chi connectivity index (χ4n) is 4.45. The van der Waals surface area contributed by atoms with E-state index in [1.54, 1.807) is 12.1 Å². The molecule has 5 heteroatoms. The van der Waals surface area contributed by atoms with E-state index in [2.05, 4.69) is 34.4 Å². The number of H-pyrrole nitrogens is 1. The van der Waals surface area contributed by atoms with Crippen LogP contribution in [0.1, 0.15) is 60.9 Å². The lowest BCUT2D eigenvalue weighted by Gasteiger charge is -2.32. The standard InChI is InChI=1S/C25H30ClN3O/c1-2-3-6-13-29-14-11-18(12-15-29)22-17-27-24-10-9-19(16-21(22)24)28-25(30)20-7-4-5-8-23(20)26/h4-5,7-10,16-18,27H,2-3,6,11-15H2,1H3,(H,28,30). The van der Waals surface area contributed by atoms with Gasteiger partial charge in [0.05, 0.1) is 10.6 Å². The zero-order valence-electron chi connectivity index (χ0n) is 17.6.